The number of para-hydroxylation sites is 2. The van der Waals surface area contributed by atoms with E-state index in [0.717, 1.165) is 50.1 Å². The minimum Gasteiger partial charge on any atom is -0.309 e. The van der Waals surface area contributed by atoms with Gasteiger partial charge < -0.3 is 9.13 Å². The number of amidine groups is 1. The fourth-order valence-corrected chi connectivity index (χ4v) is 11.1. The highest BCUT2D eigenvalue weighted by Crippen LogP contribution is 2.54. The molecule has 0 saturated heterocycles. The molecule has 0 radical (unpaired) electrons. The van der Waals surface area contributed by atoms with Gasteiger partial charge >= 0.3 is 0 Å². The number of fused-ring (bicyclic) bond motifs is 8. The summed E-state index contributed by atoms with van der Waals surface area (Å²) in [6.45, 7) is 4.73. The van der Waals surface area contributed by atoms with Gasteiger partial charge in [0, 0.05) is 54.9 Å². The Morgan fingerprint density at radius 1 is 0.415 bits per heavy atom. The van der Waals surface area contributed by atoms with Crippen LogP contribution in [0.15, 0.2) is 234 Å². The quantitative estimate of drug-likeness (QED) is 0.166. The van der Waals surface area contributed by atoms with Crippen molar-refractivity contribution in [3.63, 3.8) is 0 Å². The summed E-state index contributed by atoms with van der Waals surface area (Å²) in [7, 11) is 0. The summed E-state index contributed by atoms with van der Waals surface area (Å²) >= 11 is 0. The van der Waals surface area contributed by atoms with Gasteiger partial charge in [-0.15, -0.1) is 0 Å². The Morgan fingerprint density at radius 2 is 1.08 bits per heavy atom. The van der Waals surface area contributed by atoms with E-state index in [-0.39, 0.29) is 6.04 Å². The van der Waals surface area contributed by atoms with E-state index in [1.807, 2.05) is 24.3 Å². The number of aliphatic imine (C=N–C) groups is 2. The molecular formula is C61H38N4. The summed E-state index contributed by atoms with van der Waals surface area (Å²) in [5.41, 5.74) is 16.9. The van der Waals surface area contributed by atoms with Gasteiger partial charge in [-0.3, -0.25) is 4.99 Å². The Bertz CT molecular complexity index is 4060. The molecule has 4 heteroatoms. The van der Waals surface area contributed by atoms with Crippen molar-refractivity contribution in [3.05, 3.63) is 241 Å². The molecule has 10 aromatic carbocycles. The van der Waals surface area contributed by atoms with Crippen LogP contribution in [0.1, 0.15) is 22.7 Å². The third-order valence-electron chi connectivity index (χ3n) is 13.8. The van der Waals surface area contributed by atoms with Crippen LogP contribution in [0.25, 0.3) is 98.8 Å². The zero-order valence-corrected chi connectivity index (χ0v) is 35.3. The Balaban J connectivity index is 1.11. The second-order valence-electron chi connectivity index (χ2n) is 17.3. The van der Waals surface area contributed by atoms with Crippen molar-refractivity contribution in [1.29, 1.82) is 0 Å². The second-order valence-corrected chi connectivity index (χ2v) is 17.3. The van der Waals surface area contributed by atoms with Gasteiger partial charge in [0.25, 0.3) is 0 Å². The summed E-state index contributed by atoms with van der Waals surface area (Å²) in [6, 6.07) is 76.6. The molecule has 0 N–H and O–H groups in total. The standard InChI is InChI=1S/C61H38N4/c1-37-59(39-18-5-2-6-19-39)62-61(40-20-7-3-8-21-40)63-60(37)47-33-35-50(44-27-13-11-25-42(44)47)65-51-34-32-38-22-17-30-45-43-26-12-14-28-46(43)56-55-48-29-15-16-31-49(48)64(41-23-9-4-10-24-41)52(55)36-53(65)58(56)57(51)54(38)45/h2-36,59H,1H2. The second kappa shape index (κ2) is 13.7. The molecule has 4 nitrogen and oxygen atoms in total. The minimum atomic E-state index is -0.275. The molecular weight excluding hydrogens is 789 g/mol. The molecule has 14 rings (SSSR count). The van der Waals surface area contributed by atoms with Crippen molar-refractivity contribution in [1.82, 2.24) is 9.13 Å². The van der Waals surface area contributed by atoms with Crippen LogP contribution in [-0.2, 0) is 0 Å². The van der Waals surface area contributed by atoms with Gasteiger partial charge in [0.1, 0.15) is 6.04 Å². The molecule has 0 saturated carbocycles. The summed E-state index contributed by atoms with van der Waals surface area (Å²) in [5.74, 6) is 0.709. The lowest BCUT2D eigenvalue weighted by Crippen LogP contribution is -2.20. The average molecular weight is 827 g/mol. The number of rotatable bonds is 5. The highest BCUT2D eigenvalue weighted by atomic mass is 15.0. The fourth-order valence-electron chi connectivity index (χ4n) is 11.1. The number of nitrogens with zero attached hydrogens (tertiary/aromatic N) is 4. The van der Waals surface area contributed by atoms with E-state index < -0.39 is 0 Å². The molecule has 302 valence electrons. The zero-order chi connectivity index (χ0) is 42.8. The molecule has 0 bridgehead atoms. The van der Waals surface area contributed by atoms with E-state index in [2.05, 4.69) is 197 Å². The molecule has 1 atom stereocenters. The van der Waals surface area contributed by atoms with Crippen molar-refractivity contribution < 1.29 is 0 Å². The molecule has 2 aliphatic rings. The summed E-state index contributed by atoms with van der Waals surface area (Å²) in [4.78, 5) is 10.6. The highest BCUT2D eigenvalue weighted by Gasteiger charge is 2.31. The van der Waals surface area contributed by atoms with Crippen LogP contribution in [0.3, 0.4) is 0 Å². The van der Waals surface area contributed by atoms with Gasteiger partial charge in [-0.25, -0.2) is 4.99 Å². The Hall–Kier alpha value is -8.60. The van der Waals surface area contributed by atoms with Gasteiger partial charge in [-0.1, -0.05) is 183 Å². The predicted molar refractivity (Wildman–Crippen MR) is 272 cm³/mol. The molecule has 1 aliphatic carbocycles. The van der Waals surface area contributed by atoms with Crippen LogP contribution in [0.2, 0.25) is 0 Å². The Labute approximate surface area is 375 Å². The SMILES string of the molecule is C=C1C(c2ccc(-n3c4cc5c(c6c4c4c7c(cccc7ccc43)-c3ccccc3-6)c3ccccc3n5-c3ccccc3)c3ccccc23)=NC(c2ccccc2)=NC1c1ccccc1. The first kappa shape index (κ1) is 35.9. The highest BCUT2D eigenvalue weighted by molar-refractivity contribution is 6.36. The van der Waals surface area contributed by atoms with E-state index in [0.29, 0.717) is 5.84 Å². The van der Waals surface area contributed by atoms with E-state index in [9.17, 15) is 0 Å². The van der Waals surface area contributed by atoms with Crippen LogP contribution in [0, 0.1) is 0 Å². The molecule has 0 spiro atoms. The van der Waals surface area contributed by atoms with Crippen LogP contribution in [-0.4, -0.2) is 20.7 Å². The average Bonchev–Trinajstić information content (AvgIpc) is 3.84. The van der Waals surface area contributed by atoms with Crippen molar-refractivity contribution in [2.75, 3.05) is 0 Å². The number of benzene rings is 10. The smallest absolute Gasteiger partial charge is 0.156 e. The van der Waals surface area contributed by atoms with Crippen molar-refractivity contribution in [2.24, 2.45) is 9.98 Å². The predicted octanol–water partition coefficient (Wildman–Crippen LogP) is 15.4. The topological polar surface area (TPSA) is 34.6 Å². The zero-order valence-electron chi connectivity index (χ0n) is 35.3. The summed E-state index contributed by atoms with van der Waals surface area (Å²) < 4.78 is 5.00. The van der Waals surface area contributed by atoms with Crippen LogP contribution < -0.4 is 0 Å². The van der Waals surface area contributed by atoms with E-state index >= 15 is 0 Å². The Morgan fingerprint density at radius 3 is 1.89 bits per heavy atom. The third kappa shape index (κ3) is 5.08. The van der Waals surface area contributed by atoms with E-state index in [4.69, 9.17) is 16.6 Å². The maximum absolute atomic E-state index is 5.36. The van der Waals surface area contributed by atoms with E-state index in [1.54, 1.807) is 0 Å². The molecule has 3 heterocycles. The minimum absolute atomic E-state index is 0.275. The number of hydrogen-bond donors (Lipinski definition) is 0. The lowest BCUT2D eigenvalue weighted by Gasteiger charge is -2.25. The Kier molecular flexibility index (Phi) is 7.57. The van der Waals surface area contributed by atoms with Crippen LogP contribution in [0.4, 0.5) is 0 Å². The lowest BCUT2D eigenvalue weighted by atomic mass is 9.89. The first-order valence-corrected chi connectivity index (χ1v) is 22.3. The molecule has 0 fully saturated rings. The number of hydrogen-bond acceptors (Lipinski definition) is 2. The molecule has 1 unspecified atom stereocenters. The molecule has 1 aliphatic heterocycles. The molecule has 2 aromatic heterocycles. The van der Waals surface area contributed by atoms with Crippen molar-refractivity contribution >= 4 is 76.7 Å². The first-order chi connectivity index (χ1) is 32.2. The largest absolute Gasteiger partial charge is 0.309 e. The maximum Gasteiger partial charge on any atom is 0.156 e. The molecule has 0 amide bonds. The van der Waals surface area contributed by atoms with Crippen molar-refractivity contribution in [2.45, 2.75) is 6.04 Å². The van der Waals surface area contributed by atoms with E-state index in [1.165, 1.54) is 76.6 Å². The molecule has 65 heavy (non-hydrogen) atoms. The van der Waals surface area contributed by atoms with Gasteiger partial charge in [-0.2, -0.15) is 0 Å². The first-order valence-electron chi connectivity index (χ1n) is 22.3. The van der Waals surface area contributed by atoms with Crippen molar-refractivity contribution in [3.8, 4) is 33.6 Å². The summed E-state index contributed by atoms with van der Waals surface area (Å²) in [5, 5.41) is 9.85. The van der Waals surface area contributed by atoms with Gasteiger partial charge in [0.05, 0.1) is 33.5 Å². The maximum atomic E-state index is 5.36. The molecule has 12 aromatic rings. The monoisotopic (exact) mass is 826 g/mol. The van der Waals surface area contributed by atoms with Crippen LogP contribution in [0.5, 0.6) is 0 Å². The number of aromatic nitrogens is 2. The fraction of sp³-hybridized carbons (Fsp3) is 0.0164. The van der Waals surface area contributed by atoms with Crippen LogP contribution >= 0.6 is 0 Å². The van der Waals surface area contributed by atoms with Gasteiger partial charge in [-0.05, 0) is 74.8 Å². The normalized spacial score (nSPS) is 14.5. The van der Waals surface area contributed by atoms with Gasteiger partial charge in [0.15, 0.2) is 5.84 Å². The lowest BCUT2D eigenvalue weighted by molar-refractivity contribution is 0.874. The van der Waals surface area contributed by atoms with Gasteiger partial charge in [0.2, 0.25) is 0 Å². The summed E-state index contributed by atoms with van der Waals surface area (Å²) in [6.07, 6.45) is 0. The third-order valence-corrected chi connectivity index (χ3v) is 13.8.